The van der Waals surface area contributed by atoms with Gasteiger partial charge in [0.2, 0.25) is 11.9 Å². The van der Waals surface area contributed by atoms with Crippen LogP contribution in [0.15, 0.2) is 97.3 Å². The van der Waals surface area contributed by atoms with Crippen molar-refractivity contribution < 1.29 is 4.79 Å². The van der Waals surface area contributed by atoms with Gasteiger partial charge in [-0.1, -0.05) is 80.6 Å². The zero-order chi connectivity index (χ0) is 27.7. The lowest BCUT2D eigenvalue weighted by Gasteiger charge is -2.40. The molecular formula is C33H28N6O. The van der Waals surface area contributed by atoms with Crippen LogP contribution in [0.3, 0.4) is 0 Å². The number of carbonyl (C=O) groups excluding carboxylic acids is 1. The van der Waals surface area contributed by atoms with Crippen molar-refractivity contribution in [1.82, 2.24) is 20.2 Å². The van der Waals surface area contributed by atoms with Crippen LogP contribution in [0.5, 0.6) is 0 Å². The van der Waals surface area contributed by atoms with Gasteiger partial charge in [0.15, 0.2) is 5.82 Å². The molecular weight excluding hydrogens is 496 g/mol. The van der Waals surface area contributed by atoms with Crippen molar-refractivity contribution in [3.05, 3.63) is 120 Å². The molecule has 1 amide bonds. The number of nitrogens with zero attached hydrogens (tertiary/aromatic N) is 4. The first-order valence-electron chi connectivity index (χ1n) is 13.2. The molecule has 196 valence electrons. The van der Waals surface area contributed by atoms with Gasteiger partial charge in [-0.2, -0.15) is 10.2 Å². The predicted octanol–water partition coefficient (Wildman–Crippen LogP) is 6.30. The second kappa shape index (κ2) is 9.90. The van der Waals surface area contributed by atoms with E-state index in [2.05, 4.69) is 43.7 Å². The number of H-pyrrole nitrogens is 1. The molecule has 0 saturated heterocycles. The second-order valence-electron chi connectivity index (χ2n) is 10.8. The Labute approximate surface area is 233 Å². The lowest BCUT2D eigenvalue weighted by Crippen LogP contribution is -2.41. The molecule has 2 heterocycles. The van der Waals surface area contributed by atoms with E-state index in [4.69, 9.17) is 0 Å². The fourth-order valence-corrected chi connectivity index (χ4v) is 5.73. The average molecular weight is 525 g/mol. The normalized spacial score (nSPS) is 13.5. The van der Waals surface area contributed by atoms with Crippen LogP contribution in [-0.4, -0.2) is 26.1 Å². The van der Waals surface area contributed by atoms with E-state index in [9.17, 15) is 10.1 Å². The third-order valence-electron chi connectivity index (χ3n) is 7.71. The topological polar surface area (TPSA) is 107 Å². The number of nitriles is 1. The van der Waals surface area contributed by atoms with Gasteiger partial charge < -0.3 is 0 Å². The summed E-state index contributed by atoms with van der Waals surface area (Å²) in [7, 11) is 0. The fraction of sp³-hybridized carbons (Fsp3) is 0.182. The van der Waals surface area contributed by atoms with Crippen molar-refractivity contribution in [3.63, 3.8) is 0 Å². The van der Waals surface area contributed by atoms with Crippen LogP contribution in [0.2, 0.25) is 0 Å². The molecule has 0 fully saturated rings. The van der Waals surface area contributed by atoms with Crippen molar-refractivity contribution in [2.75, 3.05) is 5.32 Å². The van der Waals surface area contributed by atoms with Gasteiger partial charge in [0, 0.05) is 23.4 Å². The van der Waals surface area contributed by atoms with Gasteiger partial charge >= 0.3 is 0 Å². The molecule has 1 aliphatic carbocycles. The Morgan fingerprint density at radius 3 is 2.25 bits per heavy atom. The summed E-state index contributed by atoms with van der Waals surface area (Å²) in [5.74, 6) is 0.490. The Hall–Kier alpha value is -5.09. The second-order valence-corrected chi connectivity index (χ2v) is 10.8. The van der Waals surface area contributed by atoms with Crippen LogP contribution in [-0.2, 0) is 16.6 Å². The van der Waals surface area contributed by atoms with E-state index >= 15 is 0 Å². The first-order valence-corrected chi connectivity index (χ1v) is 13.2. The van der Waals surface area contributed by atoms with E-state index in [1.165, 1.54) is 0 Å². The lowest BCUT2D eigenvalue weighted by molar-refractivity contribution is -0.124. The van der Waals surface area contributed by atoms with Crippen LogP contribution in [0.1, 0.15) is 42.5 Å². The van der Waals surface area contributed by atoms with Crippen molar-refractivity contribution in [2.24, 2.45) is 5.41 Å². The maximum atomic E-state index is 13.7. The molecule has 0 spiro atoms. The maximum absolute atomic E-state index is 13.7. The minimum Gasteiger partial charge on any atom is -0.293 e. The highest BCUT2D eigenvalue weighted by atomic mass is 16.2. The molecule has 0 aliphatic heterocycles. The summed E-state index contributed by atoms with van der Waals surface area (Å²) in [5, 5.41) is 20.8. The Kier molecular flexibility index (Phi) is 6.24. The molecule has 0 bridgehead atoms. The molecule has 0 atom stereocenters. The van der Waals surface area contributed by atoms with E-state index in [0.29, 0.717) is 12.2 Å². The van der Waals surface area contributed by atoms with Gasteiger partial charge in [0.1, 0.15) is 5.41 Å². The Bertz CT molecular complexity index is 1700. The third-order valence-corrected chi connectivity index (χ3v) is 7.71. The number of aromatic nitrogens is 4. The third kappa shape index (κ3) is 4.44. The maximum Gasteiger partial charge on any atom is 0.249 e. The highest BCUT2D eigenvalue weighted by Gasteiger charge is 2.47. The molecule has 2 N–H and O–H groups in total. The van der Waals surface area contributed by atoms with Crippen LogP contribution in [0.25, 0.3) is 22.5 Å². The number of carbonyl (C=O) groups is 1. The van der Waals surface area contributed by atoms with Gasteiger partial charge in [-0.05, 0) is 64.4 Å². The van der Waals surface area contributed by atoms with Gasteiger partial charge in [0.25, 0.3) is 0 Å². The number of hydrogen-bond donors (Lipinski definition) is 2. The van der Waals surface area contributed by atoms with Crippen LogP contribution in [0, 0.1) is 16.7 Å². The molecule has 0 saturated carbocycles. The largest absolute Gasteiger partial charge is 0.293 e. The number of benzene rings is 3. The van der Waals surface area contributed by atoms with Gasteiger partial charge in [0.05, 0.1) is 6.07 Å². The number of hydrogen-bond acceptors (Lipinski definition) is 5. The zero-order valence-corrected chi connectivity index (χ0v) is 22.3. The summed E-state index contributed by atoms with van der Waals surface area (Å²) in [6.07, 6.45) is 4.59. The number of aromatic amines is 1. The molecule has 7 heteroatoms. The number of anilines is 1. The quantitative estimate of drug-likeness (QED) is 0.271. The molecule has 1 aliphatic rings. The molecule has 6 rings (SSSR count). The number of pyridine rings is 1. The van der Waals surface area contributed by atoms with Crippen molar-refractivity contribution >= 4 is 11.9 Å². The summed E-state index contributed by atoms with van der Waals surface area (Å²) in [5.41, 5.74) is 5.22. The van der Waals surface area contributed by atoms with Crippen LogP contribution < -0.4 is 5.32 Å². The molecule has 3 aromatic carbocycles. The smallest absolute Gasteiger partial charge is 0.249 e. The average Bonchev–Trinajstić information content (AvgIpc) is 3.46. The molecule has 2 aromatic heterocycles. The molecule has 0 radical (unpaired) electrons. The van der Waals surface area contributed by atoms with Gasteiger partial charge in [-0.3, -0.25) is 20.2 Å². The number of amides is 1. The highest BCUT2D eigenvalue weighted by Crippen LogP contribution is 2.48. The monoisotopic (exact) mass is 524 g/mol. The Balaban J connectivity index is 1.26. The minimum atomic E-state index is -0.955. The number of rotatable bonds is 6. The Morgan fingerprint density at radius 2 is 1.57 bits per heavy atom. The van der Waals surface area contributed by atoms with Crippen molar-refractivity contribution in [2.45, 2.75) is 32.1 Å². The van der Waals surface area contributed by atoms with Crippen molar-refractivity contribution in [1.29, 1.82) is 5.26 Å². The van der Waals surface area contributed by atoms with E-state index < -0.39 is 10.8 Å². The Morgan fingerprint density at radius 1 is 0.925 bits per heavy atom. The number of nitrogens with one attached hydrogen (secondary N) is 2. The standard InChI is InChI=1S/C33H28N6O/c1-32(2,20-33(21-34)27-12-5-3-8-24(27)19-25-9-4-6-13-28(25)33)30(40)37-31-36-29(38-39-31)26-11-7-10-23(18-26)22-14-16-35-17-15-22/h3-18H,19-20H2,1-2H3,(H2,36,37,38,39,40). The molecule has 0 unspecified atom stereocenters. The highest BCUT2D eigenvalue weighted by molar-refractivity contribution is 5.93. The van der Waals surface area contributed by atoms with Gasteiger partial charge in [-0.15, -0.1) is 5.10 Å². The molecule has 7 nitrogen and oxygen atoms in total. The van der Waals surface area contributed by atoms with Crippen LogP contribution >= 0.6 is 0 Å². The summed E-state index contributed by atoms with van der Waals surface area (Å²) >= 11 is 0. The summed E-state index contributed by atoms with van der Waals surface area (Å²) in [6.45, 7) is 3.74. The van der Waals surface area contributed by atoms with E-state index in [-0.39, 0.29) is 11.9 Å². The van der Waals surface area contributed by atoms with Crippen LogP contribution in [0.4, 0.5) is 5.95 Å². The van der Waals surface area contributed by atoms with E-state index in [0.717, 1.165) is 45.4 Å². The first kappa shape index (κ1) is 25.2. The number of fused-ring (bicyclic) bond motifs is 2. The van der Waals surface area contributed by atoms with E-state index in [1.807, 2.05) is 86.6 Å². The lowest BCUT2D eigenvalue weighted by atomic mass is 9.61. The predicted molar refractivity (Wildman–Crippen MR) is 154 cm³/mol. The summed E-state index contributed by atoms with van der Waals surface area (Å²) in [6, 6.07) is 30.6. The van der Waals surface area contributed by atoms with Crippen molar-refractivity contribution in [3.8, 4) is 28.6 Å². The minimum absolute atomic E-state index is 0.192. The first-order chi connectivity index (χ1) is 19.4. The molecule has 40 heavy (non-hydrogen) atoms. The fourth-order valence-electron chi connectivity index (χ4n) is 5.73. The summed E-state index contributed by atoms with van der Waals surface area (Å²) in [4.78, 5) is 22.3. The molecule has 5 aromatic rings. The van der Waals surface area contributed by atoms with E-state index in [1.54, 1.807) is 12.4 Å². The summed E-state index contributed by atoms with van der Waals surface area (Å²) < 4.78 is 0. The zero-order valence-electron chi connectivity index (χ0n) is 22.3. The van der Waals surface area contributed by atoms with Gasteiger partial charge in [-0.25, -0.2) is 0 Å². The SMILES string of the molecule is CC(C)(CC1(C#N)c2ccccc2Cc2ccccc21)C(=O)Nc1n[nH]c(-c2cccc(-c3ccncc3)c2)n1.